The Labute approximate surface area is 84.2 Å². The first-order valence-electron chi connectivity index (χ1n) is 4.72. The molecular weight excluding hydrogens is 176 g/mol. The lowest BCUT2D eigenvalue weighted by Gasteiger charge is -2.21. The van der Waals surface area contributed by atoms with Gasteiger partial charge in [-0.05, 0) is 18.1 Å². The van der Waals surface area contributed by atoms with Crippen molar-refractivity contribution in [3.63, 3.8) is 0 Å². The van der Waals surface area contributed by atoms with Gasteiger partial charge in [0, 0.05) is 12.7 Å². The maximum Gasteiger partial charge on any atom is 0.122 e. The Balaban J connectivity index is 2.48. The van der Waals surface area contributed by atoms with Crippen molar-refractivity contribution in [1.82, 2.24) is 0 Å². The highest BCUT2D eigenvalue weighted by molar-refractivity contribution is 5.45. The highest BCUT2D eigenvalue weighted by Gasteiger charge is 2.17. The van der Waals surface area contributed by atoms with Crippen molar-refractivity contribution in [2.24, 2.45) is 0 Å². The summed E-state index contributed by atoms with van der Waals surface area (Å²) in [5, 5.41) is 0. The highest BCUT2D eigenvalue weighted by Crippen LogP contribution is 2.32. The lowest BCUT2D eigenvalue weighted by atomic mass is 9.94. The predicted octanol–water partition coefficient (Wildman–Crippen LogP) is 2.50. The van der Waals surface area contributed by atoms with Crippen LogP contribution < -0.4 is 4.74 Å². The summed E-state index contributed by atoms with van der Waals surface area (Å²) in [5.41, 5.74) is 2.46. The summed E-state index contributed by atoms with van der Waals surface area (Å²) >= 11 is 0. The van der Waals surface area contributed by atoms with Crippen molar-refractivity contribution < 1.29 is 9.47 Å². The summed E-state index contributed by atoms with van der Waals surface area (Å²) in [4.78, 5) is 0. The fourth-order valence-electron chi connectivity index (χ4n) is 1.88. The molecule has 0 saturated heterocycles. The Kier molecular flexibility index (Phi) is 2.55. The van der Waals surface area contributed by atoms with Crippen molar-refractivity contribution in [2.45, 2.75) is 12.5 Å². The van der Waals surface area contributed by atoms with Crippen LogP contribution in [0, 0.1) is 0 Å². The van der Waals surface area contributed by atoms with Gasteiger partial charge < -0.3 is 9.47 Å². The van der Waals surface area contributed by atoms with Crippen molar-refractivity contribution >= 4 is 0 Å². The van der Waals surface area contributed by atoms with Crippen LogP contribution in [-0.2, 0) is 11.2 Å². The van der Waals surface area contributed by atoms with Gasteiger partial charge in [0.2, 0.25) is 0 Å². The summed E-state index contributed by atoms with van der Waals surface area (Å²) in [6.45, 7) is 0. The zero-order valence-electron chi connectivity index (χ0n) is 8.49. The molecule has 0 amide bonds. The number of hydrogen-bond donors (Lipinski definition) is 0. The van der Waals surface area contributed by atoms with E-state index in [-0.39, 0.29) is 6.10 Å². The molecule has 1 atom stereocenters. The second-order valence-corrected chi connectivity index (χ2v) is 3.32. The first-order valence-corrected chi connectivity index (χ1v) is 4.72. The molecular formula is C12H14O2. The van der Waals surface area contributed by atoms with Gasteiger partial charge in [0.05, 0.1) is 7.11 Å². The number of ether oxygens (including phenoxy) is 2. The van der Waals surface area contributed by atoms with E-state index in [1.165, 1.54) is 11.1 Å². The largest absolute Gasteiger partial charge is 0.496 e. The van der Waals surface area contributed by atoms with Crippen molar-refractivity contribution in [3.05, 3.63) is 41.5 Å². The molecule has 2 nitrogen and oxygen atoms in total. The number of benzene rings is 1. The molecule has 0 heterocycles. The molecule has 0 saturated carbocycles. The molecule has 1 aliphatic rings. The summed E-state index contributed by atoms with van der Waals surface area (Å²) in [6.07, 6.45) is 5.22. The summed E-state index contributed by atoms with van der Waals surface area (Å²) in [6, 6.07) is 6.09. The minimum absolute atomic E-state index is 0.0776. The SMILES string of the molecule is COc1cccc2c1CC=CC2OC. The van der Waals surface area contributed by atoms with Gasteiger partial charge in [0.15, 0.2) is 0 Å². The van der Waals surface area contributed by atoms with Gasteiger partial charge in [-0.1, -0.05) is 24.3 Å². The molecule has 0 aromatic heterocycles. The summed E-state index contributed by atoms with van der Waals surface area (Å²) in [5.74, 6) is 0.953. The van der Waals surface area contributed by atoms with Crippen LogP contribution in [0.5, 0.6) is 5.75 Å². The van der Waals surface area contributed by atoms with Crippen LogP contribution in [0.15, 0.2) is 30.4 Å². The molecule has 2 rings (SSSR count). The van der Waals surface area contributed by atoms with E-state index in [0.717, 1.165) is 12.2 Å². The first kappa shape index (κ1) is 9.28. The summed E-state index contributed by atoms with van der Waals surface area (Å²) in [7, 11) is 3.43. The average Bonchev–Trinajstić information content (AvgIpc) is 2.27. The lowest BCUT2D eigenvalue weighted by Crippen LogP contribution is -2.07. The molecule has 74 valence electrons. The third-order valence-electron chi connectivity index (χ3n) is 2.58. The van der Waals surface area contributed by atoms with Gasteiger partial charge in [-0.25, -0.2) is 0 Å². The molecule has 0 aliphatic heterocycles. The minimum Gasteiger partial charge on any atom is -0.496 e. The van der Waals surface area contributed by atoms with E-state index < -0.39 is 0 Å². The molecule has 2 heteroatoms. The Morgan fingerprint density at radius 2 is 2.14 bits per heavy atom. The van der Waals surface area contributed by atoms with Gasteiger partial charge in [-0.15, -0.1) is 0 Å². The Hall–Kier alpha value is -1.28. The van der Waals surface area contributed by atoms with Gasteiger partial charge in [0.1, 0.15) is 11.9 Å². The average molecular weight is 190 g/mol. The van der Waals surface area contributed by atoms with Gasteiger partial charge in [0.25, 0.3) is 0 Å². The zero-order chi connectivity index (χ0) is 9.97. The zero-order valence-corrected chi connectivity index (χ0v) is 8.49. The van der Waals surface area contributed by atoms with Gasteiger partial charge in [-0.3, -0.25) is 0 Å². The molecule has 1 aliphatic carbocycles. The number of rotatable bonds is 2. The second kappa shape index (κ2) is 3.84. The monoisotopic (exact) mass is 190 g/mol. The van der Waals surface area contributed by atoms with E-state index in [4.69, 9.17) is 9.47 Å². The second-order valence-electron chi connectivity index (χ2n) is 3.32. The fourth-order valence-corrected chi connectivity index (χ4v) is 1.88. The van der Waals surface area contributed by atoms with Crippen molar-refractivity contribution in [3.8, 4) is 5.75 Å². The van der Waals surface area contributed by atoms with Crippen LogP contribution >= 0.6 is 0 Å². The first-order chi connectivity index (χ1) is 6.86. The molecule has 0 spiro atoms. The van der Waals surface area contributed by atoms with Crippen molar-refractivity contribution in [2.75, 3.05) is 14.2 Å². The molecule has 1 aromatic carbocycles. The van der Waals surface area contributed by atoms with E-state index in [1.54, 1.807) is 14.2 Å². The normalized spacial score (nSPS) is 19.1. The van der Waals surface area contributed by atoms with E-state index in [2.05, 4.69) is 18.2 Å². The van der Waals surface area contributed by atoms with Crippen LogP contribution in [0.25, 0.3) is 0 Å². The summed E-state index contributed by atoms with van der Waals surface area (Å²) < 4.78 is 10.7. The molecule has 1 aromatic rings. The molecule has 1 unspecified atom stereocenters. The van der Waals surface area contributed by atoms with Crippen LogP contribution in [0.4, 0.5) is 0 Å². The topological polar surface area (TPSA) is 18.5 Å². The van der Waals surface area contributed by atoms with Crippen LogP contribution in [0.3, 0.4) is 0 Å². The molecule has 14 heavy (non-hydrogen) atoms. The quantitative estimate of drug-likeness (QED) is 0.667. The maximum atomic E-state index is 5.37. The van der Waals surface area contributed by atoms with E-state index in [1.807, 2.05) is 12.1 Å². The van der Waals surface area contributed by atoms with Gasteiger partial charge >= 0.3 is 0 Å². The standard InChI is InChI=1S/C12H14O2/c1-13-11-7-3-6-10-9(11)5-4-8-12(10)14-2/h3-5,7-8,11H,6H2,1-2H3. The van der Waals surface area contributed by atoms with Crippen LogP contribution in [0.2, 0.25) is 0 Å². The van der Waals surface area contributed by atoms with Crippen LogP contribution in [-0.4, -0.2) is 14.2 Å². The smallest absolute Gasteiger partial charge is 0.122 e. The number of hydrogen-bond acceptors (Lipinski definition) is 2. The molecule has 0 bridgehead atoms. The Morgan fingerprint density at radius 3 is 2.86 bits per heavy atom. The third-order valence-corrected chi connectivity index (χ3v) is 2.58. The lowest BCUT2D eigenvalue weighted by molar-refractivity contribution is 0.140. The Bertz CT molecular complexity index is 355. The number of methoxy groups -OCH3 is 2. The minimum atomic E-state index is 0.0776. The van der Waals surface area contributed by atoms with Crippen molar-refractivity contribution in [1.29, 1.82) is 0 Å². The predicted molar refractivity (Wildman–Crippen MR) is 55.6 cm³/mol. The van der Waals surface area contributed by atoms with E-state index in [0.29, 0.717) is 0 Å². The molecule has 0 fully saturated rings. The molecule has 0 radical (unpaired) electrons. The van der Waals surface area contributed by atoms with E-state index in [9.17, 15) is 0 Å². The van der Waals surface area contributed by atoms with E-state index >= 15 is 0 Å². The number of fused-ring (bicyclic) bond motifs is 1. The highest BCUT2D eigenvalue weighted by atomic mass is 16.5. The third kappa shape index (κ3) is 1.42. The van der Waals surface area contributed by atoms with Crippen LogP contribution in [0.1, 0.15) is 17.2 Å². The Morgan fingerprint density at radius 1 is 1.29 bits per heavy atom. The van der Waals surface area contributed by atoms with Gasteiger partial charge in [-0.2, -0.15) is 0 Å². The fraction of sp³-hybridized carbons (Fsp3) is 0.333. The maximum absolute atomic E-state index is 5.37. The number of allylic oxidation sites excluding steroid dienone is 1. The molecule has 0 N–H and O–H groups in total.